The maximum Gasteiger partial charge on any atom is 0.0991 e. The molecule has 1 aliphatic heterocycles. The predicted molar refractivity (Wildman–Crippen MR) is 104 cm³/mol. The van der Waals surface area contributed by atoms with Gasteiger partial charge in [-0.3, -0.25) is 4.98 Å². The van der Waals surface area contributed by atoms with Crippen LogP contribution in [-0.2, 0) is 6.42 Å². The molecule has 0 unspecified atom stereocenters. The summed E-state index contributed by atoms with van der Waals surface area (Å²) < 4.78 is 0. The van der Waals surface area contributed by atoms with E-state index < -0.39 is 0 Å². The average Bonchev–Trinajstić information content (AvgIpc) is 3.10. The van der Waals surface area contributed by atoms with Gasteiger partial charge in [0.05, 0.1) is 28.4 Å². The van der Waals surface area contributed by atoms with Gasteiger partial charge in [-0.25, -0.2) is 4.98 Å². The normalized spacial score (nSPS) is 17.5. The Balaban J connectivity index is 1.57. The van der Waals surface area contributed by atoms with Crippen molar-refractivity contribution in [2.45, 2.75) is 32.2 Å². The first-order valence-corrected chi connectivity index (χ1v) is 9.23. The van der Waals surface area contributed by atoms with Crippen LogP contribution in [0.4, 0.5) is 0 Å². The van der Waals surface area contributed by atoms with Crippen LogP contribution in [0.2, 0.25) is 0 Å². The summed E-state index contributed by atoms with van der Waals surface area (Å²) in [6, 6.07) is 16.7. The molecule has 0 radical (unpaired) electrons. The summed E-state index contributed by atoms with van der Waals surface area (Å²) in [5, 5.41) is 8.94. The topological polar surface area (TPSA) is 52.8 Å². The van der Waals surface area contributed by atoms with Gasteiger partial charge < -0.3 is 4.90 Å². The Labute approximate surface area is 154 Å². The summed E-state index contributed by atoms with van der Waals surface area (Å²) in [5.41, 5.74) is 5.76. The Morgan fingerprint density at radius 1 is 1.12 bits per heavy atom. The predicted octanol–water partition coefficient (Wildman–Crippen LogP) is 4.20. The first-order valence-electron chi connectivity index (χ1n) is 9.23. The molecule has 1 saturated heterocycles. The summed E-state index contributed by atoms with van der Waals surface area (Å²) in [5.74, 6) is 0. The van der Waals surface area contributed by atoms with Crippen LogP contribution in [0.15, 0.2) is 48.7 Å². The van der Waals surface area contributed by atoms with Crippen LogP contribution in [0.3, 0.4) is 0 Å². The molecule has 1 aliphatic rings. The molecule has 1 atom stereocenters. The average molecular weight is 342 g/mol. The van der Waals surface area contributed by atoms with E-state index >= 15 is 0 Å². The summed E-state index contributed by atoms with van der Waals surface area (Å²) >= 11 is 0. The van der Waals surface area contributed by atoms with E-state index in [1.807, 2.05) is 36.5 Å². The first kappa shape index (κ1) is 16.7. The number of nitriles is 1. The maximum atomic E-state index is 8.94. The molecule has 2 heterocycles. The van der Waals surface area contributed by atoms with Crippen molar-refractivity contribution in [2.24, 2.45) is 0 Å². The minimum atomic E-state index is 0.674. The molecule has 26 heavy (non-hydrogen) atoms. The Morgan fingerprint density at radius 2 is 1.92 bits per heavy atom. The number of hydrogen-bond donors (Lipinski definition) is 0. The molecule has 0 amide bonds. The van der Waals surface area contributed by atoms with Gasteiger partial charge in [-0.05, 0) is 61.7 Å². The lowest BCUT2D eigenvalue weighted by Gasteiger charge is -2.20. The summed E-state index contributed by atoms with van der Waals surface area (Å²) in [4.78, 5) is 12.0. The van der Waals surface area contributed by atoms with E-state index in [-0.39, 0.29) is 0 Å². The van der Waals surface area contributed by atoms with Crippen LogP contribution in [0.25, 0.3) is 22.2 Å². The lowest BCUT2D eigenvalue weighted by molar-refractivity contribution is 0.271. The van der Waals surface area contributed by atoms with E-state index in [4.69, 9.17) is 10.2 Å². The molecular formula is C22H22N4. The monoisotopic (exact) mass is 342 g/mol. The minimum absolute atomic E-state index is 0.674. The van der Waals surface area contributed by atoms with Crippen molar-refractivity contribution in [1.29, 1.82) is 5.26 Å². The Hall–Kier alpha value is -2.77. The van der Waals surface area contributed by atoms with Crippen molar-refractivity contribution in [3.8, 4) is 17.2 Å². The molecule has 0 spiro atoms. The van der Waals surface area contributed by atoms with Gasteiger partial charge in [0.1, 0.15) is 0 Å². The van der Waals surface area contributed by atoms with Crippen LogP contribution in [0, 0.1) is 11.3 Å². The van der Waals surface area contributed by atoms with E-state index in [1.54, 1.807) is 0 Å². The Bertz CT molecular complexity index is 956. The zero-order valence-electron chi connectivity index (χ0n) is 15.0. The van der Waals surface area contributed by atoms with Crippen LogP contribution < -0.4 is 0 Å². The fraction of sp³-hybridized carbons (Fsp3) is 0.318. The SMILES string of the molecule is C[C@H]1CCCN1CCc1cnc2ccc(-c3ccc(C#N)cc3)cc2n1. The van der Waals surface area contributed by atoms with Gasteiger partial charge in [0.2, 0.25) is 0 Å². The van der Waals surface area contributed by atoms with Gasteiger partial charge in [-0.1, -0.05) is 18.2 Å². The number of fused-ring (bicyclic) bond motifs is 1. The fourth-order valence-corrected chi connectivity index (χ4v) is 3.67. The fourth-order valence-electron chi connectivity index (χ4n) is 3.67. The molecule has 1 aromatic heterocycles. The zero-order chi connectivity index (χ0) is 17.9. The lowest BCUT2D eigenvalue weighted by Crippen LogP contribution is -2.29. The van der Waals surface area contributed by atoms with Crippen LogP contribution in [0.5, 0.6) is 0 Å². The van der Waals surface area contributed by atoms with E-state index in [0.29, 0.717) is 11.6 Å². The van der Waals surface area contributed by atoms with Gasteiger partial charge in [0.15, 0.2) is 0 Å². The molecule has 2 aromatic carbocycles. The third kappa shape index (κ3) is 3.44. The minimum Gasteiger partial charge on any atom is -0.300 e. The molecule has 0 bridgehead atoms. The number of hydrogen-bond acceptors (Lipinski definition) is 4. The van der Waals surface area contributed by atoms with Crippen molar-refractivity contribution in [2.75, 3.05) is 13.1 Å². The number of nitrogens with zero attached hydrogens (tertiary/aromatic N) is 4. The molecule has 0 aliphatic carbocycles. The van der Waals surface area contributed by atoms with Gasteiger partial charge in [-0.2, -0.15) is 5.26 Å². The molecule has 0 saturated carbocycles. The standard InChI is InChI=1S/C22H22N4/c1-16-3-2-11-26(16)12-10-20-15-24-21-9-8-19(13-22(21)25-20)18-6-4-17(14-23)5-7-18/h4-9,13,15-16H,2-3,10-12H2,1H3/t16-/m0/s1. The smallest absolute Gasteiger partial charge is 0.0991 e. The van der Waals surface area contributed by atoms with Crippen LogP contribution in [0.1, 0.15) is 31.0 Å². The quantitative estimate of drug-likeness (QED) is 0.713. The van der Waals surface area contributed by atoms with Crippen LogP contribution >= 0.6 is 0 Å². The summed E-state index contributed by atoms with van der Waals surface area (Å²) in [7, 11) is 0. The zero-order valence-corrected chi connectivity index (χ0v) is 15.0. The van der Waals surface area contributed by atoms with E-state index in [0.717, 1.165) is 40.8 Å². The highest BCUT2D eigenvalue weighted by molar-refractivity contribution is 5.81. The van der Waals surface area contributed by atoms with Gasteiger partial charge in [-0.15, -0.1) is 0 Å². The summed E-state index contributed by atoms with van der Waals surface area (Å²) in [6.45, 7) is 4.56. The lowest BCUT2D eigenvalue weighted by atomic mass is 10.0. The largest absolute Gasteiger partial charge is 0.300 e. The van der Waals surface area contributed by atoms with Crippen molar-refractivity contribution in [3.63, 3.8) is 0 Å². The van der Waals surface area contributed by atoms with Crippen molar-refractivity contribution in [3.05, 3.63) is 59.9 Å². The molecule has 4 heteroatoms. The van der Waals surface area contributed by atoms with Crippen LogP contribution in [-0.4, -0.2) is 34.0 Å². The number of likely N-dealkylation sites (tertiary alicyclic amines) is 1. The maximum absolute atomic E-state index is 8.94. The first-order chi connectivity index (χ1) is 12.7. The highest BCUT2D eigenvalue weighted by Gasteiger charge is 2.19. The molecular weight excluding hydrogens is 320 g/mol. The van der Waals surface area contributed by atoms with Crippen molar-refractivity contribution >= 4 is 11.0 Å². The van der Waals surface area contributed by atoms with E-state index in [9.17, 15) is 0 Å². The highest BCUT2D eigenvalue weighted by Crippen LogP contribution is 2.23. The third-order valence-corrected chi connectivity index (χ3v) is 5.29. The Kier molecular flexibility index (Phi) is 4.64. The number of aromatic nitrogens is 2. The van der Waals surface area contributed by atoms with E-state index in [2.05, 4.69) is 35.0 Å². The molecule has 0 N–H and O–H groups in total. The second kappa shape index (κ2) is 7.23. The van der Waals surface area contributed by atoms with Crippen molar-refractivity contribution < 1.29 is 0 Å². The molecule has 130 valence electrons. The number of rotatable bonds is 4. The second-order valence-corrected chi connectivity index (χ2v) is 7.03. The third-order valence-electron chi connectivity index (χ3n) is 5.29. The van der Waals surface area contributed by atoms with E-state index in [1.165, 1.54) is 19.4 Å². The molecule has 4 nitrogen and oxygen atoms in total. The van der Waals surface area contributed by atoms with Gasteiger partial charge >= 0.3 is 0 Å². The highest BCUT2D eigenvalue weighted by atomic mass is 15.2. The molecule has 3 aromatic rings. The second-order valence-electron chi connectivity index (χ2n) is 7.03. The van der Waals surface area contributed by atoms with Crippen molar-refractivity contribution in [1.82, 2.24) is 14.9 Å². The Morgan fingerprint density at radius 3 is 2.65 bits per heavy atom. The molecule has 1 fully saturated rings. The summed E-state index contributed by atoms with van der Waals surface area (Å²) in [6.07, 6.45) is 5.45. The van der Waals surface area contributed by atoms with Gasteiger partial charge in [0, 0.05) is 25.2 Å². The molecule has 4 rings (SSSR count). The number of benzene rings is 2. The van der Waals surface area contributed by atoms with Gasteiger partial charge in [0.25, 0.3) is 0 Å².